The van der Waals surface area contributed by atoms with Gasteiger partial charge in [-0.25, -0.2) is 4.79 Å². The van der Waals surface area contributed by atoms with Gasteiger partial charge >= 0.3 is 5.97 Å². The van der Waals surface area contributed by atoms with Gasteiger partial charge in [0.05, 0.1) is 17.0 Å². The van der Waals surface area contributed by atoms with Crippen molar-refractivity contribution in [2.45, 2.75) is 13.5 Å². The van der Waals surface area contributed by atoms with Crippen molar-refractivity contribution in [2.24, 2.45) is 7.05 Å². The molecular weight excluding hydrogens is 230 g/mol. The highest BCUT2D eigenvalue weighted by Gasteiger charge is 2.09. The van der Waals surface area contributed by atoms with E-state index < -0.39 is 0 Å². The highest BCUT2D eigenvalue weighted by molar-refractivity contribution is 5.89. The maximum absolute atomic E-state index is 11.8. The largest absolute Gasteiger partial charge is 0.456 e. The maximum atomic E-state index is 11.8. The summed E-state index contributed by atoms with van der Waals surface area (Å²) in [6.07, 6.45) is 0. The Hall–Kier alpha value is -2.30. The van der Waals surface area contributed by atoms with Crippen molar-refractivity contribution >= 4 is 11.7 Å². The number of nitrogens with two attached hydrogens (primary N) is 1. The normalized spacial score (nSPS) is 10.3. The van der Waals surface area contributed by atoms with Crippen molar-refractivity contribution in [1.29, 1.82) is 0 Å². The molecule has 0 aliphatic carbocycles. The van der Waals surface area contributed by atoms with Crippen LogP contribution in [0.3, 0.4) is 0 Å². The van der Waals surface area contributed by atoms with Gasteiger partial charge < -0.3 is 10.5 Å². The first-order valence-electron chi connectivity index (χ1n) is 5.58. The fourth-order valence-corrected chi connectivity index (χ4v) is 1.64. The van der Waals surface area contributed by atoms with Crippen LogP contribution in [0, 0.1) is 6.92 Å². The summed E-state index contributed by atoms with van der Waals surface area (Å²) in [7, 11) is 1.82. The zero-order chi connectivity index (χ0) is 13.1. The third-order valence-corrected chi connectivity index (χ3v) is 2.60. The van der Waals surface area contributed by atoms with Crippen LogP contribution in [0.1, 0.15) is 21.7 Å². The number of carbonyl (C=O) groups is 1. The zero-order valence-electron chi connectivity index (χ0n) is 10.4. The van der Waals surface area contributed by atoms with Crippen LogP contribution in [0.5, 0.6) is 0 Å². The van der Waals surface area contributed by atoms with Crippen LogP contribution in [0.25, 0.3) is 0 Å². The smallest absolute Gasteiger partial charge is 0.338 e. The number of hydrogen-bond donors (Lipinski definition) is 1. The molecule has 1 heterocycles. The predicted molar refractivity (Wildman–Crippen MR) is 67.9 cm³/mol. The molecule has 0 bridgehead atoms. The van der Waals surface area contributed by atoms with Gasteiger partial charge in [0.25, 0.3) is 0 Å². The molecule has 0 atom stereocenters. The number of aromatic nitrogens is 2. The van der Waals surface area contributed by atoms with Crippen LogP contribution in [0.4, 0.5) is 5.69 Å². The van der Waals surface area contributed by atoms with Gasteiger partial charge in [-0.05, 0) is 37.3 Å². The third-order valence-electron chi connectivity index (χ3n) is 2.60. The second-order valence-electron chi connectivity index (χ2n) is 4.10. The van der Waals surface area contributed by atoms with Gasteiger partial charge in [0.1, 0.15) is 6.61 Å². The summed E-state index contributed by atoms with van der Waals surface area (Å²) in [5, 5.41) is 4.18. The Morgan fingerprint density at radius 3 is 2.61 bits per heavy atom. The van der Waals surface area contributed by atoms with Gasteiger partial charge in [0, 0.05) is 12.7 Å². The van der Waals surface area contributed by atoms with E-state index >= 15 is 0 Å². The molecular formula is C13H15N3O2. The van der Waals surface area contributed by atoms with Gasteiger partial charge in [-0.1, -0.05) is 0 Å². The number of carbonyl (C=O) groups excluding carboxylic acids is 1. The topological polar surface area (TPSA) is 70.1 Å². The Bertz CT molecular complexity index is 558. The molecule has 2 N–H and O–H groups in total. The molecule has 0 saturated carbocycles. The monoisotopic (exact) mass is 245 g/mol. The van der Waals surface area contributed by atoms with Crippen molar-refractivity contribution < 1.29 is 9.53 Å². The Morgan fingerprint density at radius 2 is 2.06 bits per heavy atom. The van der Waals surface area contributed by atoms with Crippen LogP contribution in [-0.4, -0.2) is 15.7 Å². The van der Waals surface area contributed by atoms with E-state index in [1.165, 1.54) is 0 Å². The van der Waals surface area contributed by atoms with Crippen molar-refractivity contribution in [3.8, 4) is 0 Å². The summed E-state index contributed by atoms with van der Waals surface area (Å²) >= 11 is 0. The minimum absolute atomic E-state index is 0.209. The van der Waals surface area contributed by atoms with Crippen molar-refractivity contribution in [1.82, 2.24) is 9.78 Å². The minimum Gasteiger partial charge on any atom is -0.456 e. The highest BCUT2D eigenvalue weighted by Crippen LogP contribution is 2.09. The SMILES string of the molecule is Cc1cc(COC(=O)c2ccc(N)cc2)n(C)n1. The van der Waals surface area contributed by atoms with Gasteiger partial charge in [-0.3, -0.25) is 4.68 Å². The molecule has 0 saturated heterocycles. The van der Waals surface area contributed by atoms with E-state index in [2.05, 4.69) is 5.10 Å². The summed E-state index contributed by atoms with van der Waals surface area (Å²) in [5.74, 6) is -0.367. The Kier molecular flexibility index (Phi) is 3.32. The molecule has 2 rings (SSSR count). The predicted octanol–water partition coefficient (Wildman–Crippen LogP) is 1.67. The molecule has 5 heteroatoms. The number of nitrogens with zero attached hydrogens (tertiary/aromatic N) is 2. The van der Waals surface area contributed by atoms with Crippen LogP contribution < -0.4 is 5.73 Å². The van der Waals surface area contributed by atoms with E-state index in [-0.39, 0.29) is 12.6 Å². The summed E-state index contributed by atoms with van der Waals surface area (Å²) in [4.78, 5) is 11.8. The molecule has 0 unspecified atom stereocenters. The molecule has 94 valence electrons. The lowest BCUT2D eigenvalue weighted by atomic mass is 10.2. The fraction of sp³-hybridized carbons (Fsp3) is 0.231. The lowest BCUT2D eigenvalue weighted by Gasteiger charge is -2.05. The first kappa shape index (κ1) is 12.2. The maximum Gasteiger partial charge on any atom is 0.338 e. The number of aryl methyl sites for hydroxylation is 2. The molecule has 1 aromatic carbocycles. The summed E-state index contributed by atoms with van der Waals surface area (Å²) in [6, 6.07) is 8.52. The molecule has 0 radical (unpaired) electrons. The number of hydrogen-bond acceptors (Lipinski definition) is 4. The molecule has 0 fully saturated rings. The number of nitrogen functional groups attached to an aromatic ring is 1. The average molecular weight is 245 g/mol. The summed E-state index contributed by atoms with van der Waals surface area (Å²) in [6.45, 7) is 2.10. The number of ether oxygens (including phenoxy) is 1. The molecule has 0 spiro atoms. The average Bonchev–Trinajstić information content (AvgIpc) is 2.66. The lowest BCUT2D eigenvalue weighted by molar-refractivity contribution is 0.0463. The van der Waals surface area contributed by atoms with E-state index in [1.807, 2.05) is 20.0 Å². The van der Waals surface area contributed by atoms with Crippen LogP contribution in [0.15, 0.2) is 30.3 Å². The number of esters is 1. The van der Waals surface area contributed by atoms with Gasteiger partial charge in [-0.15, -0.1) is 0 Å². The van der Waals surface area contributed by atoms with Gasteiger partial charge in [-0.2, -0.15) is 5.10 Å². The molecule has 1 aromatic heterocycles. The van der Waals surface area contributed by atoms with Crippen molar-refractivity contribution in [2.75, 3.05) is 5.73 Å². The first-order valence-corrected chi connectivity index (χ1v) is 5.58. The standard InChI is InChI=1S/C13H15N3O2/c1-9-7-12(16(2)15-9)8-18-13(17)10-3-5-11(14)6-4-10/h3-7H,8,14H2,1-2H3. The second-order valence-corrected chi connectivity index (χ2v) is 4.10. The van der Waals surface area contributed by atoms with Crippen LogP contribution >= 0.6 is 0 Å². The lowest BCUT2D eigenvalue weighted by Crippen LogP contribution is -2.08. The second kappa shape index (κ2) is 4.91. The molecule has 0 aliphatic rings. The molecule has 5 nitrogen and oxygen atoms in total. The van der Waals surface area contributed by atoms with E-state index in [9.17, 15) is 4.79 Å². The number of benzene rings is 1. The summed E-state index contributed by atoms with van der Waals surface area (Å²) in [5.41, 5.74) is 8.42. The molecule has 0 aliphatic heterocycles. The number of rotatable bonds is 3. The zero-order valence-corrected chi connectivity index (χ0v) is 10.4. The van der Waals surface area contributed by atoms with E-state index in [0.717, 1.165) is 11.4 Å². The van der Waals surface area contributed by atoms with E-state index in [0.29, 0.717) is 11.3 Å². The van der Waals surface area contributed by atoms with Gasteiger partial charge in [0.2, 0.25) is 0 Å². The Labute approximate surface area is 105 Å². The molecule has 2 aromatic rings. The third kappa shape index (κ3) is 2.68. The summed E-state index contributed by atoms with van der Waals surface area (Å²) < 4.78 is 6.91. The highest BCUT2D eigenvalue weighted by atomic mass is 16.5. The van der Waals surface area contributed by atoms with Crippen LogP contribution in [-0.2, 0) is 18.4 Å². The van der Waals surface area contributed by atoms with Crippen molar-refractivity contribution in [3.63, 3.8) is 0 Å². The molecule has 18 heavy (non-hydrogen) atoms. The Balaban J connectivity index is 2.00. The quantitative estimate of drug-likeness (QED) is 0.659. The van der Waals surface area contributed by atoms with Crippen molar-refractivity contribution in [3.05, 3.63) is 47.3 Å². The minimum atomic E-state index is -0.367. The Morgan fingerprint density at radius 1 is 1.39 bits per heavy atom. The van der Waals surface area contributed by atoms with E-state index in [4.69, 9.17) is 10.5 Å². The van der Waals surface area contributed by atoms with E-state index in [1.54, 1.807) is 28.9 Å². The van der Waals surface area contributed by atoms with Crippen LogP contribution in [0.2, 0.25) is 0 Å². The fourth-order valence-electron chi connectivity index (χ4n) is 1.64. The first-order chi connectivity index (χ1) is 8.56. The number of anilines is 1. The van der Waals surface area contributed by atoms with Gasteiger partial charge in [0.15, 0.2) is 0 Å². The molecule has 0 amide bonds.